The topological polar surface area (TPSA) is 95.3 Å². The van der Waals surface area contributed by atoms with Gasteiger partial charge in [-0.2, -0.15) is 0 Å². The highest BCUT2D eigenvalue weighted by molar-refractivity contribution is 7.99. The van der Waals surface area contributed by atoms with E-state index in [4.69, 9.17) is 21.1 Å². The number of methoxy groups -OCH3 is 2. The van der Waals surface area contributed by atoms with E-state index in [2.05, 4.69) is 27.6 Å². The number of thioether (sulfide) groups is 1. The molecule has 2 aromatic carbocycles. The maximum absolute atomic E-state index is 12.5. The van der Waals surface area contributed by atoms with Crippen molar-refractivity contribution in [1.82, 2.24) is 14.8 Å². The smallest absolute Gasteiger partial charge is 0.337 e. The van der Waals surface area contributed by atoms with E-state index in [9.17, 15) is 9.59 Å². The van der Waals surface area contributed by atoms with Gasteiger partial charge in [-0.15, -0.1) is 10.2 Å². The molecule has 0 aliphatic carbocycles. The lowest BCUT2D eigenvalue weighted by molar-refractivity contribution is -0.113. The molecule has 10 heteroatoms. The molecule has 180 valence electrons. The summed E-state index contributed by atoms with van der Waals surface area (Å²) in [4.78, 5) is 24.2. The fourth-order valence-corrected chi connectivity index (χ4v) is 4.34. The zero-order chi connectivity index (χ0) is 24.5. The van der Waals surface area contributed by atoms with Crippen LogP contribution in [0, 0.1) is 0 Å². The molecular formula is C24H27ClN4O4S. The van der Waals surface area contributed by atoms with Crippen LogP contribution in [-0.2, 0) is 28.9 Å². The first kappa shape index (κ1) is 25.6. The highest BCUT2D eigenvalue weighted by Gasteiger charge is 2.15. The monoisotopic (exact) mass is 502 g/mol. The summed E-state index contributed by atoms with van der Waals surface area (Å²) >= 11 is 7.46. The number of rotatable bonds is 11. The van der Waals surface area contributed by atoms with Crippen molar-refractivity contribution in [1.29, 1.82) is 0 Å². The van der Waals surface area contributed by atoms with E-state index in [1.165, 1.54) is 30.5 Å². The Morgan fingerprint density at radius 3 is 2.53 bits per heavy atom. The van der Waals surface area contributed by atoms with Gasteiger partial charge in [-0.1, -0.05) is 35.5 Å². The summed E-state index contributed by atoms with van der Waals surface area (Å²) in [7, 11) is 2.95. The van der Waals surface area contributed by atoms with Gasteiger partial charge in [-0.05, 0) is 55.7 Å². The quantitative estimate of drug-likeness (QED) is 0.301. The molecule has 1 N–H and O–H groups in total. The normalized spacial score (nSPS) is 10.7. The summed E-state index contributed by atoms with van der Waals surface area (Å²) in [6, 6.07) is 12.6. The van der Waals surface area contributed by atoms with Gasteiger partial charge in [0.2, 0.25) is 5.91 Å². The van der Waals surface area contributed by atoms with E-state index >= 15 is 0 Å². The van der Waals surface area contributed by atoms with E-state index in [-0.39, 0.29) is 11.7 Å². The zero-order valence-corrected chi connectivity index (χ0v) is 20.9. The van der Waals surface area contributed by atoms with Gasteiger partial charge in [0, 0.05) is 13.0 Å². The first-order valence-electron chi connectivity index (χ1n) is 10.8. The first-order chi connectivity index (χ1) is 16.4. The molecule has 0 saturated carbocycles. The first-order valence-corrected chi connectivity index (χ1v) is 12.2. The van der Waals surface area contributed by atoms with Crippen LogP contribution in [-0.4, -0.2) is 46.6 Å². The molecule has 0 fully saturated rings. The number of halogens is 1. The Hall–Kier alpha value is -3.04. The van der Waals surface area contributed by atoms with E-state index in [0.717, 1.165) is 30.8 Å². The molecule has 0 aliphatic rings. The van der Waals surface area contributed by atoms with Gasteiger partial charge in [0.25, 0.3) is 0 Å². The average molecular weight is 503 g/mol. The lowest BCUT2D eigenvalue weighted by Gasteiger charge is -2.10. The molecule has 34 heavy (non-hydrogen) atoms. The van der Waals surface area contributed by atoms with Crippen LogP contribution in [0.5, 0.6) is 5.75 Å². The van der Waals surface area contributed by atoms with E-state index in [1.54, 1.807) is 19.2 Å². The third-order valence-corrected chi connectivity index (χ3v) is 6.42. The van der Waals surface area contributed by atoms with Gasteiger partial charge in [0.1, 0.15) is 11.6 Å². The highest BCUT2D eigenvalue weighted by Crippen LogP contribution is 2.25. The Balaban J connectivity index is 1.55. The molecule has 0 aliphatic heterocycles. The highest BCUT2D eigenvalue weighted by atomic mass is 35.5. The van der Waals surface area contributed by atoms with Crippen molar-refractivity contribution in [2.24, 2.45) is 0 Å². The Labute approximate surface area is 208 Å². The van der Waals surface area contributed by atoms with Crippen LogP contribution < -0.4 is 10.1 Å². The molecule has 0 bridgehead atoms. The number of carbonyl (C=O) groups excluding carboxylic acids is 2. The van der Waals surface area contributed by atoms with Crippen molar-refractivity contribution in [2.45, 2.75) is 37.9 Å². The number of benzene rings is 2. The molecule has 1 heterocycles. The predicted octanol–water partition coefficient (Wildman–Crippen LogP) is 4.65. The van der Waals surface area contributed by atoms with Crippen LogP contribution in [0.3, 0.4) is 0 Å². The Bertz CT molecular complexity index is 1130. The second kappa shape index (κ2) is 12.4. The molecule has 0 atom stereocenters. The second-order valence-electron chi connectivity index (χ2n) is 7.37. The minimum absolute atomic E-state index is 0.128. The second-order valence-corrected chi connectivity index (χ2v) is 8.72. The molecule has 3 aromatic rings. The minimum atomic E-state index is -0.503. The van der Waals surface area contributed by atoms with Gasteiger partial charge in [0.05, 0.1) is 36.2 Å². The van der Waals surface area contributed by atoms with Gasteiger partial charge >= 0.3 is 5.97 Å². The summed E-state index contributed by atoms with van der Waals surface area (Å²) in [6.07, 6.45) is 2.65. The van der Waals surface area contributed by atoms with Gasteiger partial charge in [-0.3, -0.25) is 4.79 Å². The van der Waals surface area contributed by atoms with Crippen molar-refractivity contribution in [3.05, 3.63) is 64.4 Å². The molecular weight excluding hydrogens is 476 g/mol. The van der Waals surface area contributed by atoms with Crippen molar-refractivity contribution in [2.75, 3.05) is 25.3 Å². The predicted molar refractivity (Wildman–Crippen MR) is 133 cm³/mol. The van der Waals surface area contributed by atoms with Crippen molar-refractivity contribution >= 4 is 40.9 Å². The fourth-order valence-electron chi connectivity index (χ4n) is 3.35. The molecule has 3 rings (SSSR count). The van der Waals surface area contributed by atoms with Crippen LogP contribution in [0.1, 0.15) is 35.1 Å². The molecule has 1 aromatic heterocycles. The van der Waals surface area contributed by atoms with Crippen LogP contribution in [0.25, 0.3) is 0 Å². The SMILES string of the molecule is CCn1c(CCCc2ccc(OC)cc2)nnc1SCC(=O)Nc1cc(C(=O)OC)ccc1Cl. The van der Waals surface area contributed by atoms with Crippen molar-refractivity contribution in [3.8, 4) is 5.75 Å². The largest absolute Gasteiger partial charge is 0.497 e. The third kappa shape index (κ3) is 6.74. The van der Waals surface area contributed by atoms with E-state index < -0.39 is 5.97 Å². The Kier molecular flexibility index (Phi) is 9.35. The molecule has 8 nitrogen and oxygen atoms in total. The Morgan fingerprint density at radius 1 is 1.09 bits per heavy atom. The summed E-state index contributed by atoms with van der Waals surface area (Å²) in [5.41, 5.74) is 1.90. The lowest BCUT2D eigenvalue weighted by Crippen LogP contribution is -2.15. The number of aryl methyl sites for hydroxylation is 2. The van der Waals surface area contributed by atoms with Crippen molar-refractivity contribution < 1.29 is 19.1 Å². The number of carbonyl (C=O) groups is 2. The number of hydrogen-bond donors (Lipinski definition) is 1. The maximum atomic E-state index is 12.5. The molecule has 1 amide bonds. The summed E-state index contributed by atoms with van der Waals surface area (Å²) < 4.78 is 11.9. The summed E-state index contributed by atoms with van der Waals surface area (Å²) in [6.45, 7) is 2.74. The number of aromatic nitrogens is 3. The number of nitrogens with zero attached hydrogens (tertiary/aromatic N) is 3. The minimum Gasteiger partial charge on any atom is -0.497 e. The van der Waals surface area contributed by atoms with Gasteiger partial charge in [0.15, 0.2) is 5.16 Å². The number of anilines is 1. The number of nitrogens with one attached hydrogen (secondary N) is 1. The third-order valence-electron chi connectivity index (χ3n) is 5.13. The van der Waals surface area contributed by atoms with Crippen LogP contribution >= 0.6 is 23.4 Å². The molecule has 0 saturated heterocycles. The van der Waals surface area contributed by atoms with Gasteiger partial charge in [-0.25, -0.2) is 4.79 Å². The summed E-state index contributed by atoms with van der Waals surface area (Å²) in [5, 5.41) is 12.4. The van der Waals surface area contributed by atoms with Crippen LogP contribution in [0.2, 0.25) is 5.02 Å². The van der Waals surface area contributed by atoms with E-state index in [0.29, 0.717) is 28.0 Å². The Morgan fingerprint density at radius 2 is 1.85 bits per heavy atom. The number of amides is 1. The standard InChI is InChI=1S/C24H27ClN4O4S/c1-4-29-21(7-5-6-16-8-11-18(32-2)12-9-16)27-28-24(29)34-15-22(30)26-20-14-17(23(31)33-3)10-13-19(20)25/h8-14H,4-7,15H2,1-3H3,(H,26,30). The molecule has 0 unspecified atom stereocenters. The van der Waals surface area contributed by atoms with E-state index in [1.807, 2.05) is 23.6 Å². The van der Waals surface area contributed by atoms with Crippen molar-refractivity contribution in [3.63, 3.8) is 0 Å². The lowest BCUT2D eigenvalue weighted by atomic mass is 10.1. The molecule has 0 radical (unpaired) electrons. The van der Waals surface area contributed by atoms with Crippen LogP contribution in [0.15, 0.2) is 47.6 Å². The zero-order valence-electron chi connectivity index (χ0n) is 19.3. The number of ether oxygens (including phenoxy) is 2. The van der Waals surface area contributed by atoms with Crippen LogP contribution in [0.4, 0.5) is 5.69 Å². The number of hydrogen-bond acceptors (Lipinski definition) is 7. The molecule has 0 spiro atoms. The average Bonchev–Trinajstić information content (AvgIpc) is 3.25. The fraction of sp³-hybridized carbons (Fsp3) is 0.333. The summed E-state index contributed by atoms with van der Waals surface area (Å²) in [5.74, 6) is 1.10. The maximum Gasteiger partial charge on any atom is 0.337 e. The number of esters is 1. The van der Waals surface area contributed by atoms with Gasteiger partial charge < -0.3 is 19.4 Å².